The first-order valence-electron chi connectivity index (χ1n) is 2.65. The third-order valence-electron chi connectivity index (χ3n) is 1.40. The van der Waals surface area contributed by atoms with Gasteiger partial charge in [-0.05, 0) is 18.5 Å². The molecule has 1 aliphatic rings. The van der Waals surface area contributed by atoms with Gasteiger partial charge in [-0.2, -0.15) is 0 Å². The van der Waals surface area contributed by atoms with Crippen molar-refractivity contribution in [2.24, 2.45) is 0 Å². The normalized spacial score (nSPS) is 25.5. The molecule has 1 unspecified atom stereocenters. The zero-order valence-electron chi connectivity index (χ0n) is 3.98. The molecule has 0 aromatic heterocycles. The second kappa shape index (κ2) is 1.93. The van der Waals surface area contributed by atoms with Gasteiger partial charge in [0.05, 0.1) is 0 Å². The van der Waals surface area contributed by atoms with Crippen LogP contribution in [-0.4, -0.2) is 5.66 Å². The van der Waals surface area contributed by atoms with Crippen LogP contribution in [0.25, 0.3) is 0 Å². The number of hydrogen-bond acceptors (Lipinski definition) is 0. The fourth-order valence-corrected chi connectivity index (χ4v) is 1.43. The van der Waals surface area contributed by atoms with Gasteiger partial charge in [0.1, 0.15) is 0 Å². The van der Waals surface area contributed by atoms with E-state index in [0.29, 0.717) is 0 Å². The molecule has 0 saturated heterocycles. The molecule has 1 fully saturated rings. The summed E-state index contributed by atoms with van der Waals surface area (Å²) in [5.74, 6) is 0. The zero-order chi connectivity index (χ0) is 4.41. The molecule has 0 nitrogen and oxygen atoms in total. The van der Waals surface area contributed by atoms with Crippen molar-refractivity contribution in [3.05, 3.63) is 0 Å². The summed E-state index contributed by atoms with van der Waals surface area (Å²) in [6, 6.07) is 0. The molecule has 0 heterocycles. The van der Waals surface area contributed by atoms with Crippen molar-refractivity contribution in [1.29, 1.82) is 0 Å². The molecule has 0 aromatic rings. The van der Waals surface area contributed by atoms with Crippen LogP contribution in [-0.2, 0) is 0 Å². The second-order valence-electron chi connectivity index (χ2n) is 2.04. The molecular formula is C5H11P. The van der Waals surface area contributed by atoms with Gasteiger partial charge in [0, 0.05) is 0 Å². The first-order chi connectivity index (χ1) is 2.89. The van der Waals surface area contributed by atoms with E-state index in [1.165, 1.54) is 25.7 Å². The van der Waals surface area contributed by atoms with Gasteiger partial charge >= 0.3 is 0 Å². The first-order valence-corrected chi connectivity index (χ1v) is 3.32. The highest BCUT2D eigenvalue weighted by Gasteiger charge is 2.07. The lowest BCUT2D eigenvalue weighted by atomic mass is 10.4. The van der Waals surface area contributed by atoms with E-state index in [2.05, 4.69) is 9.24 Å². The van der Waals surface area contributed by atoms with Crippen LogP contribution in [0.2, 0.25) is 0 Å². The third-order valence-corrected chi connectivity index (χ3v) is 2.07. The lowest BCUT2D eigenvalue weighted by Gasteiger charge is -1.91. The molecule has 0 spiro atoms. The van der Waals surface area contributed by atoms with Crippen molar-refractivity contribution >= 4 is 9.24 Å². The molecule has 6 heavy (non-hydrogen) atoms. The van der Waals surface area contributed by atoms with Gasteiger partial charge in [-0.1, -0.05) is 12.8 Å². The Balaban J connectivity index is 2.18. The lowest BCUT2D eigenvalue weighted by molar-refractivity contribution is 0.886. The van der Waals surface area contributed by atoms with Crippen LogP contribution in [0, 0.1) is 0 Å². The summed E-state index contributed by atoms with van der Waals surface area (Å²) >= 11 is 0. The molecule has 0 bridgehead atoms. The molecule has 36 valence electrons. The van der Waals surface area contributed by atoms with E-state index in [4.69, 9.17) is 0 Å². The maximum atomic E-state index is 2.87. The highest BCUT2D eigenvalue weighted by Crippen LogP contribution is 2.24. The van der Waals surface area contributed by atoms with E-state index >= 15 is 0 Å². The van der Waals surface area contributed by atoms with E-state index in [9.17, 15) is 0 Å². The quantitative estimate of drug-likeness (QED) is 0.409. The van der Waals surface area contributed by atoms with E-state index in [1.807, 2.05) is 0 Å². The maximum absolute atomic E-state index is 2.87. The lowest BCUT2D eigenvalue weighted by Crippen LogP contribution is -1.81. The fourth-order valence-electron chi connectivity index (χ4n) is 0.957. The van der Waals surface area contributed by atoms with Gasteiger partial charge in [0.25, 0.3) is 0 Å². The molecule has 1 saturated carbocycles. The highest BCUT2D eigenvalue weighted by atomic mass is 31.0. The van der Waals surface area contributed by atoms with Crippen molar-refractivity contribution < 1.29 is 0 Å². The predicted octanol–water partition coefficient (Wildman–Crippen LogP) is 1.80. The van der Waals surface area contributed by atoms with Crippen molar-refractivity contribution in [2.75, 3.05) is 0 Å². The van der Waals surface area contributed by atoms with E-state index < -0.39 is 0 Å². The molecule has 1 heteroatoms. The summed E-state index contributed by atoms with van der Waals surface area (Å²) in [6.07, 6.45) is 5.83. The average molecular weight is 102 g/mol. The van der Waals surface area contributed by atoms with Gasteiger partial charge in [-0.25, -0.2) is 0 Å². The monoisotopic (exact) mass is 102 g/mol. The predicted molar refractivity (Wildman–Crippen MR) is 32.0 cm³/mol. The summed E-state index contributed by atoms with van der Waals surface area (Å²) < 4.78 is 0. The van der Waals surface area contributed by atoms with Crippen molar-refractivity contribution in [2.45, 2.75) is 31.3 Å². The Labute approximate surface area is 41.5 Å². The molecular weight excluding hydrogens is 91.0 g/mol. The SMILES string of the molecule is PC1CCCC1. The minimum atomic E-state index is 0.963. The van der Waals surface area contributed by atoms with Crippen LogP contribution in [0.1, 0.15) is 25.7 Å². The zero-order valence-corrected chi connectivity index (χ0v) is 5.14. The van der Waals surface area contributed by atoms with Crippen molar-refractivity contribution in [3.63, 3.8) is 0 Å². The summed E-state index contributed by atoms with van der Waals surface area (Å²) in [6.45, 7) is 0. The molecule has 0 aliphatic heterocycles. The maximum Gasteiger partial charge on any atom is -0.0264 e. The van der Waals surface area contributed by atoms with Crippen molar-refractivity contribution in [1.82, 2.24) is 0 Å². The third kappa shape index (κ3) is 0.944. The highest BCUT2D eigenvalue weighted by molar-refractivity contribution is 7.17. The minimum Gasteiger partial charge on any atom is -0.134 e. The summed E-state index contributed by atoms with van der Waals surface area (Å²) in [4.78, 5) is 0. The standard InChI is InChI=1S/C5H11P/c6-5-3-1-2-4-5/h5H,1-4,6H2. The Morgan fingerprint density at radius 2 is 1.67 bits per heavy atom. The summed E-state index contributed by atoms with van der Waals surface area (Å²) in [5, 5.41) is 0. The Morgan fingerprint density at radius 3 is 1.83 bits per heavy atom. The van der Waals surface area contributed by atoms with E-state index in [-0.39, 0.29) is 0 Å². The topological polar surface area (TPSA) is 0 Å². The Bertz CT molecular complexity index is 37.2. The Morgan fingerprint density at radius 1 is 1.17 bits per heavy atom. The molecule has 1 aliphatic carbocycles. The summed E-state index contributed by atoms with van der Waals surface area (Å²) in [5.41, 5.74) is 0.963. The smallest absolute Gasteiger partial charge is 0.0264 e. The number of rotatable bonds is 0. The van der Waals surface area contributed by atoms with Crippen LogP contribution in [0.4, 0.5) is 0 Å². The molecule has 1 atom stereocenters. The van der Waals surface area contributed by atoms with Gasteiger partial charge in [0.2, 0.25) is 0 Å². The minimum absolute atomic E-state index is 0.963. The van der Waals surface area contributed by atoms with Gasteiger partial charge < -0.3 is 0 Å². The summed E-state index contributed by atoms with van der Waals surface area (Å²) in [7, 11) is 2.87. The molecule has 0 aromatic carbocycles. The van der Waals surface area contributed by atoms with Crippen LogP contribution < -0.4 is 0 Å². The van der Waals surface area contributed by atoms with Gasteiger partial charge in [-0.3, -0.25) is 0 Å². The van der Waals surface area contributed by atoms with Crippen LogP contribution in [0.3, 0.4) is 0 Å². The van der Waals surface area contributed by atoms with Gasteiger partial charge in [0.15, 0.2) is 0 Å². The van der Waals surface area contributed by atoms with Crippen LogP contribution in [0.5, 0.6) is 0 Å². The molecule has 0 N–H and O–H groups in total. The average Bonchev–Trinajstić information content (AvgIpc) is 1.86. The van der Waals surface area contributed by atoms with Crippen molar-refractivity contribution in [3.8, 4) is 0 Å². The Kier molecular flexibility index (Phi) is 1.48. The molecule has 0 amide bonds. The molecule has 1 rings (SSSR count). The van der Waals surface area contributed by atoms with Crippen LogP contribution in [0.15, 0.2) is 0 Å². The largest absolute Gasteiger partial charge is 0.134 e. The second-order valence-corrected chi connectivity index (χ2v) is 2.99. The fraction of sp³-hybridized carbons (Fsp3) is 1.00. The molecule has 0 radical (unpaired) electrons. The van der Waals surface area contributed by atoms with Crippen LogP contribution >= 0.6 is 9.24 Å². The Hall–Kier alpha value is 0.430. The number of hydrogen-bond donors (Lipinski definition) is 0. The van der Waals surface area contributed by atoms with E-state index in [1.54, 1.807) is 0 Å². The first kappa shape index (κ1) is 4.59. The van der Waals surface area contributed by atoms with E-state index in [0.717, 1.165) is 5.66 Å². The van der Waals surface area contributed by atoms with Gasteiger partial charge in [-0.15, -0.1) is 9.24 Å².